The highest BCUT2D eigenvalue weighted by Crippen LogP contribution is 2.22. The average molecular weight is 495 g/mol. The lowest BCUT2D eigenvalue weighted by Gasteiger charge is -2.15. The summed E-state index contributed by atoms with van der Waals surface area (Å²) in [6.45, 7) is 11.6. The smallest absolute Gasteiger partial charge is 0.327 e. The first-order valence-corrected chi connectivity index (χ1v) is 14.2. The van der Waals surface area contributed by atoms with Gasteiger partial charge in [-0.2, -0.15) is 11.8 Å². The molecule has 4 nitrogen and oxygen atoms in total. The monoisotopic (exact) mass is 494 g/mol. The van der Waals surface area contributed by atoms with Crippen LogP contribution in [0.4, 0.5) is 10.2 Å². The number of aromatic nitrogens is 1. The third-order valence-corrected chi connectivity index (χ3v) is 7.29. The lowest BCUT2D eigenvalue weighted by molar-refractivity contribution is -0.137. The summed E-state index contributed by atoms with van der Waals surface area (Å²) in [6, 6.07) is 1.97. The third kappa shape index (κ3) is 15.4. The van der Waals surface area contributed by atoms with Crippen LogP contribution in [0.15, 0.2) is 30.0 Å². The number of nitrogens with zero attached hydrogens (tertiary/aromatic N) is 1. The van der Waals surface area contributed by atoms with Crippen LogP contribution in [0, 0.1) is 23.6 Å². The van der Waals surface area contributed by atoms with E-state index >= 15 is 0 Å². The van der Waals surface area contributed by atoms with Crippen LogP contribution in [-0.4, -0.2) is 33.6 Å². The van der Waals surface area contributed by atoms with Crippen molar-refractivity contribution in [3.05, 3.63) is 35.8 Å². The Morgan fingerprint density at radius 1 is 1.06 bits per heavy atom. The summed E-state index contributed by atoms with van der Waals surface area (Å²) in [6.07, 6.45) is 15.0. The fraction of sp³-hybridized carbons (Fsp3) is 0.714. The summed E-state index contributed by atoms with van der Waals surface area (Å²) in [4.78, 5) is 15.4. The van der Waals surface area contributed by atoms with Gasteiger partial charge in [-0.25, -0.2) is 14.2 Å². The minimum Gasteiger partial charge on any atom is -0.480 e. The molecule has 0 saturated carbocycles. The Kier molecular flexibility index (Phi) is 16.0. The van der Waals surface area contributed by atoms with Crippen molar-refractivity contribution in [1.82, 2.24) is 4.98 Å². The van der Waals surface area contributed by atoms with E-state index in [2.05, 4.69) is 51.0 Å². The summed E-state index contributed by atoms with van der Waals surface area (Å²) in [5, 5.41) is 12.3. The number of carboxylic acids is 1. The Balaban J connectivity index is 2.16. The standard InChI is InChI=1S/C28H47FN2O2S/c1-21(2)9-6-10-22(3)11-7-12-23(4)13-8-14-24(5)17-18-34-20-26(28(32)33)31-27-16-15-25(29)19-30-27/h15-17,19,21-23,26H,6-14,18,20H2,1-5H3,(H,30,31)(H,32,33)/b24-17+. The molecule has 0 aliphatic heterocycles. The minimum absolute atomic E-state index is 0.371. The maximum Gasteiger partial charge on any atom is 0.327 e. The fourth-order valence-electron chi connectivity index (χ4n) is 4.01. The third-order valence-electron chi connectivity index (χ3n) is 6.32. The average Bonchev–Trinajstić information content (AvgIpc) is 2.76. The highest BCUT2D eigenvalue weighted by atomic mass is 32.2. The van der Waals surface area contributed by atoms with Gasteiger partial charge in [-0.3, -0.25) is 0 Å². The Morgan fingerprint density at radius 2 is 1.68 bits per heavy atom. The van der Waals surface area contributed by atoms with Gasteiger partial charge in [0.05, 0.1) is 6.20 Å². The maximum absolute atomic E-state index is 13.0. The number of nitrogens with one attached hydrogen (secondary N) is 1. The SMILES string of the molecule is C/C(=C\CSCC(Nc1ccc(F)cn1)C(=O)O)CCCC(C)CCCC(C)CCCC(C)C. The van der Waals surface area contributed by atoms with E-state index in [0.29, 0.717) is 11.6 Å². The van der Waals surface area contributed by atoms with Gasteiger partial charge in [0.25, 0.3) is 0 Å². The molecule has 1 rings (SSSR count). The van der Waals surface area contributed by atoms with Gasteiger partial charge < -0.3 is 10.4 Å². The van der Waals surface area contributed by atoms with Gasteiger partial charge in [-0.1, -0.05) is 84.3 Å². The van der Waals surface area contributed by atoms with Gasteiger partial charge >= 0.3 is 5.97 Å². The number of halogens is 1. The predicted molar refractivity (Wildman–Crippen MR) is 145 cm³/mol. The van der Waals surface area contributed by atoms with E-state index in [4.69, 9.17) is 0 Å². The zero-order valence-electron chi connectivity index (χ0n) is 22.0. The van der Waals surface area contributed by atoms with Crippen molar-refractivity contribution in [3.63, 3.8) is 0 Å². The molecule has 0 saturated heterocycles. The highest BCUT2D eigenvalue weighted by Gasteiger charge is 2.17. The van der Waals surface area contributed by atoms with Gasteiger partial charge in [0.15, 0.2) is 0 Å². The molecule has 194 valence electrons. The van der Waals surface area contributed by atoms with E-state index in [1.54, 1.807) is 11.8 Å². The molecule has 1 aromatic heterocycles. The number of hydrogen-bond donors (Lipinski definition) is 2. The van der Waals surface area contributed by atoms with E-state index in [1.165, 1.54) is 69.1 Å². The summed E-state index contributed by atoms with van der Waals surface area (Å²) < 4.78 is 13.0. The van der Waals surface area contributed by atoms with Gasteiger partial charge in [0.1, 0.15) is 17.7 Å². The molecule has 34 heavy (non-hydrogen) atoms. The number of thioether (sulfide) groups is 1. The van der Waals surface area contributed by atoms with E-state index in [0.717, 1.165) is 36.1 Å². The van der Waals surface area contributed by atoms with Gasteiger partial charge in [-0.15, -0.1) is 0 Å². The first-order chi connectivity index (χ1) is 16.2. The number of anilines is 1. The molecule has 3 unspecified atom stereocenters. The number of hydrogen-bond acceptors (Lipinski definition) is 4. The van der Waals surface area contributed by atoms with Crippen LogP contribution in [0.1, 0.15) is 92.4 Å². The molecule has 6 heteroatoms. The van der Waals surface area contributed by atoms with Gasteiger partial charge in [0.2, 0.25) is 0 Å². The normalized spacial score (nSPS) is 14.7. The van der Waals surface area contributed by atoms with Crippen LogP contribution >= 0.6 is 11.8 Å². The second-order valence-electron chi connectivity index (χ2n) is 10.3. The van der Waals surface area contributed by atoms with Crippen molar-refractivity contribution in [1.29, 1.82) is 0 Å². The Bertz CT molecular complexity index is 709. The quantitative estimate of drug-likeness (QED) is 0.150. The molecular weight excluding hydrogens is 447 g/mol. The molecular formula is C28H47FN2O2S. The second kappa shape index (κ2) is 17.8. The Morgan fingerprint density at radius 3 is 2.24 bits per heavy atom. The van der Waals surface area contributed by atoms with Crippen molar-refractivity contribution in [2.75, 3.05) is 16.8 Å². The molecule has 1 heterocycles. The molecule has 0 bridgehead atoms. The highest BCUT2D eigenvalue weighted by molar-refractivity contribution is 7.99. The molecule has 3 atom stereocenters. The first kappa shape index (κ1) is 30.5. The van der Waals surface area contributed by atoms with Crippen LogP contribution in [0.2, 0.25) is 0 Å². The molecule has 2 N–H and O–H groups in total. The van der Waals surface area contributed by atoms with E-state index in [1.807, 2.05) is 0 Å². The van der Waals surface area contributed by atoms with Crippen LogP contribution in [0.25, 0.3) is 0 Å². The molecule has 0 radical (unpaired) electrons. The molecule has 0 aromatic carbocycles. The zero-order valence-corrected chi connectivity index (χ0v) is 22.8. The fourth-order valence-corrected chi connectivity index (χ4v) is 5.01. The largest absolute Gasteiger partial charge is 0.480 e. The lowest BCUT2D eigenvalue weighted by atomic mass is 9.91. The lowest BCUT2D eigenvalue weighted by Crippen LogP contribution is -2.32. The first-order valence-electron chi connectivity index (χ1n) is 13.0. The second-order valence-corrected chi connectivity index (χ2v) is 11.4. The summed E-state index contributed by atoms with van der Waals surface area (Å²) in [5.41, 5.74) is 1.37. The summed E-state index contributed by atoms with van der Waals surface area (Å²) >= 11 is 1.58. The molecule has 0 fully saturated rings. The van der Waals surface area contributed by atoms with Gasteiger partial charge in [0, 0.05) is 11.5 Å². The van der Waals surface area contributed by atoms with Crippen molar-refractivity contribution in [2.45, 2.75) is 98.4 Å². The van der Waals surface area contributed by atoms with Gasteiger partial charge in [-0.05, 0) is 49.7 Å². The van der Waals surface area contributed by atoms with Crippen LogP contribution in [0.5, 0.6) is 0 Å². The molecule has 1 aromatic rings. The number of allylic oxidation sites excluding steroid dienone is 1. The molecule has 0 spiro atoms. The molecule has 0 amide bonds. The van der Waals surface area contributed by atoms with E-state index in [-0.39, 0.29) is 0 Å². The van der Waals surface area contributed by atoms with Crippen molar-refractivity contribution < 1.29 is 14.3 Å². The molecule has 0 aliphatic rings. The minimum atomic E-state index is -0.932. The van der Waals surface area contributed by atoms with E-state index < -0.39 is 17.8 Å². The summed E-state index contributed by atoms with van der Waals surface area (Å²) in [7, 11) is 0. The van der Waals surface area contributed by atoms with Crippen LogP contribution < -0.4 is 5.32 Å². The van der Waals surface area contributed by atoms with Crippen LogP contribution in [0.3, 0.4) is 0 Å². The topological polar surface area (TPSA) is 62.2 Å². The van der Waals surface area contributed by atoms with E-state index in [9.17, 15) is 14.3 Å². The van der Waals surface area contributed by atoms with Crippen molar-refractivity contribution in [2.24, 2.45) is 17.8 Å². The molecule has 0 aliphatic carbocycles. The van der Waals surface area contributed by atoms with Crippen molar-refractivity contribution >= 4 is 23.5 Å². The summed E-state index contributed by atoms with van der Waals surface area (Å²) in [5.74, 6) is 2.68. The predicted octanol–water partition coefficient (Wildman–Crippen LogP) is 8.20. The number of carbonyl (C=O) groups is 1. The Labute approximate surface area is 211 Å². The van der Waals surface area contributed by atoms with Crippen molar-refractivity contribution in [3.8, 4) is 0 Å². The zero-order chi connectivity index (χ0) is 25.3. The number of rotatable bonds is 19. The number of pyridine rings is 1. The number of aliphatic carboxylic acids is 1. The maximum atomic E-state index is 13.0. The Hall–Kier alpha value is -1.56. The van der Waals surface area contributed by atoms with Crippen LogP contribution in [-0.2, 0) is 4.79 Å². The number of carboxylic acid groups (broad SMARTS) is 1.